The van der Waals surface area contributed by atoms with Gasteiger partial charge in [-0.2, -0.15) is 10.1 Å². The van der Waals surface area contributed by atoms with Crippen LogP contribution in [0.4, 0.5) is 5.69 Å². The second kappa shape index (κ2) is 8.11. The zero-order chi connectivity index (χ0) is 21.0. The van der Waals surface area contributed by atoms with E-state index in [9.17, 15) is 4.79 Å². The highest BCUT2D eigenvalue weighted by Gasteiger charge is 2.15. The van der Waals surface area contributed by atoms with Gasteiger partial charge in [-0.3, -0.25) is 4.79 Å². The summed E-state index contributed by atoms with van der Waals surface area (Å²) in [7, 11) is 0. The molecule has 5 rings (SSSR count). The fourth-order valence-corrected chi connectivity index (χ4v) is 3.20. The molecule has 31 heavy (non-hydrogen) atoms. The van der Waals surface area contributed by atoms with E-state index in [0.717, 1.165) is 11.3 Å². The Bertz CT molecular complexity index is 1310. The van der Waals surface area contributed by atoms with Gasteiger partial charge in [0.2, 0.25) is 11.7 Å². The molecule has 3 heterocycles. The highest BCUT2D eigenvalue weighted by Crippen LogP contribution is 2.22. The van der Waals surface area contributed by atoms with Crippen LogP contribution in [0.2, 0.25) is 0 Å². The monoisotopic (exact) mass is 411 g/mol. The van der Waals surface area contributed by atoms with Gasteiger partial charge < -0.3 is 14.3 Å². The summed E-state index contributed by atoms with van der Waals surface area (Å²) in [5.74, 6) is 1.13. The van der Waals surface area contributed by atoms with Crippen molar-refractivity contribution in [1.82, 2.24) is 19.9 Å². The van der Waals surface area contributed by atoms with E-state index in [-0.39, 0.29) is 5.91 Å². The minimum Gasteiger partial charge on any atom is -0.461 e. The molecule has 0 saturated carbocycles. The van der Waals surface area contributed by atoms with Crippen molar-refractivity contribution in [3.8, 4) is 17.3 Å². The number of rotatable bonds is 6. The van der Waals surface area contributed by atoms with Crippen LogP contribution in [0, 0.1) is 0 Å². The number of nitrogens with one attached hydrogen (secondary N) is 1. The van der Waals surface area contributed by atoms with E-state index in [1.165, 1.54) is 0 Å². The molecule has 0 aliphatic heterocycles. The number of aromatic nitrogens is 4. The quantitative estimate of drug-likeness (QED) is 0.446. The number of benzene rings is 2. The highest BCUT2D eigenvalue weighted by molar-refractivity contribution is 6.05. The maximum atomic E-state index is 12.9. The first-order valence-corrected chi connectivity index (χ1v) is 9.62. The van der Waals surface area contributed by atoms with Gasteiger partial charge in [0.25, 0.3) is 5.91 Å². The summed E-state index contributed by atoms with van der Waals surface area (Å²) in [6.45, 7) is 0. The summed E-state index contributed by atoms with van der Waals surface area (Å²) in [5, 5.41) is 11.1. The van der Waals surface area contributed by atoms with Gasteiger partial charge in [0.05, 0.1) is 18.4 Å². The maximum absolute atomic E-state index is 12.9. The molecule has 152 valence electrons. The zero-order valence-corrected chi connectivity index (χ0v) is 16.3. The van der Waals surface area contributed by atoms with E-state index < -0.39 is 0 Å². The molecular formula is C23H17N5O3. The molecule has 3 aromatic heterocycles. The second-order valence-corrected chi connectivity index (χ2v) is 6.78. The van der Waals surface area contributed by atoms with Crippen molar-refractivity contribution < 1.29 is 13.7 Å². The summed E-state index contributed by atoms with van der Waals surface area (Å²) in [4.78, 5) is 17.3. The number of para-hydroxylation sites is 1. The van der Waals surface area contributed by atoms with E-state index in [0.29, 0.717) is 35.1 Å². The zero-order valence-electron chi connectivity index (χ0n) is 16.3. The average Bonchev–Trinajstić information content (AvgIpc) is 3.57. The lowest BCUT2D eigenvalue weighted by Crippen LogP contribution is -2.14. The van der Waals surface area contributed by atoms with Crippen LogP contribution in [0.15, 0.2) is 94.3 Å². The molecule has 1 N–H and O–H groups in total. The van der Waals surface area contributed by atoms with Crippen LogP contribution in [0.25, 0.3) is 17.3 Å². The third-order valence-corrected chi connectivity index (χ3v) is 4.69. The maximum Gasteiger partial charge on any atom is 0.255 e. The van der Waals surface area contributed by atoms with Gasteiger partial charge in [-0.25, -0.2) is 4.68 Å². The molecule has 0 atom stereocenters. The first-order valence-electron chi connectivity index (χ1n) is 9.62. The van der Waals surface area contributed by atoms with Crippen LogP contribution in [-0.4, -0.2) is 25.8 Å². The standard InChI is InChI=1S/C23H17N5O3/c29-23(17-7-3-8-18(14-17)28-12-5-11-24-28)25-19-9-2-1-6-16(19)15-21-26-22(27-31-21)20-10-4-13-30-20/h1-14H,15H2,(H,25,29). The van der Waals surface area contributed by atoms with Gasteiger partial charge in [0.1, 0.15) is 0 Å². The fourth-order valence-electron chi connectivity index (χ4n) is 3.20. The van der Waals surface area contributed by atoms with Crippen molar-refractivity contribution in [3.05, 3.63) is 102 Å². The van der Waals surface area contributed by atoms with Crippen LogP contribution in [0.3, 0.4) is 0 Å². The molecule has 0 saturated heterocycles. The Morgan fingerprint density at radius 1 is 1.03 bits per heavy atom. The Labute approximate surface area is 177 Å². The predicted octanol–water partition coefficient (Wildman–Crippen LogP) is 4.36. The van der Waals surface area contributed by atoms with Crippen molar-refractivity contribution in [2.75, 3.05) is 5.32 Å². The Morgan fingerprint density at radius 3 is 2.81 bits per heavy atom. The van der Waals surface area contributed by atoms with Crippen molar-refractivity contribution in [2.24, 2.45) is 0 Å². The fraction of sp³-hybridized carbons (Fsp3) is 0.0435. The molecule has 1 amide bonds. The van der Waals surface area contributed by atoms with E-state index in [2.05, 4.69) is 20.6 Å². The number of carbonyl (C=O) groups excluding carboxylic acids is 1. The Morgan fingerprint density at radius 2 is 1.97 bits per heavy atom. The number of hydrogen-bond donors (Lipinski definition) is 1. The van der Waals surface area contributed by atoms with Crippen LogP contribution in [0.5, 0.6) is 0 Å². The molecule has 8 heteroatoms. The third-order valence-electron chi connectivity index (χ3n) is 4.69. The lowest BCUT2D eigenvalue weighted by Gasteiger charge is -2.11. The number of furan rings is 1. The molecular weight excluding hydrogens is 394 g/mol. The average molecular weight is 411 g/mol. The van der Waals surface area contributed by atoms with Crippen molar-refractivity contribution >= 4 is 11.6 Å². The molecule has 0 unspecified atom stereocenters. The summed E-state index contributed by atoms with van der Waals surface area (Å²) in [5.41, 5.74) is 2.87. The topological polar surface area (TPSA) is 99.0 Å². The van der Waals surface area contributed by atoms with E-state index in [1.54, 1.807) is 41.4 Å². The van der Waals surface area contributed by atoms with Gasteiger partial charge >= 0.3 is 0 Å². The number of nitrogens with zero attached hydrogens (tertiary/aromatic N) is 4. The number of hydrogen-bond acceptors (Lipinski definition) is 6. The summed E-state index contributed by atoms with van der Waals surface area (Å²) in [6, 6.07) is 20.1. The SMILES string of the molecule is O=C(Nc1ccccc1Cc1nc(-c2ccco2)no1)c1cccc(-n2cccn2)c1. The van der Waals surface area contributed by atoms with Gasteiger partial charge in [-0.05, 0) is 48.0 Å². The van der Waals surface area contributed by atoms with Gasteiger partial charge in [0, 0.05) is 23.6 Å². The highest BCUT2D eigenvalue weighted by atomic mass is 16.5. The molecule has 0 aliphatic carbocycles. The first-order chi connectivity index (χ1) is 15.3. The van der Waals surface area contributed by atoms with E-state index in [4.69, 9.17) is 8.94 Å². The molecule has 2 aromatic carbocycles. The lowest BCUT2D eigenvalue weighted by molar-refractivity contribution is 0.102. The molecule has 0 fully saturated rings. The molecule has 0 radical (unpaired) electrons. The van der Waals surface area contributed by atoms with Crippen molar-refractivity contribution in [2.45, 2.75) is 6.42 Å². The smallest absolute Gasteiger partial charge is 0.255 e. The third kappa shape index (κ3) is 3.99. The summed E-state index contributed by atoms with van der Waals surface area (Å²) < 4.78 is 12.4. The van der Waals surface area contributed by atoms with E-state index >= 15 is 0 Å². The van der Waals surface area contributed by atoms with Crippen molar-refractivity contribution in [1.29, 1.82) is 0 Å². The number of amides is 1. The van der Waals surface area contributed by atoms with Crippen LogP contribution in [-0.2, 0) is 6.42 Å². The molecule has 0 bridgehead atoms. The minimum atomic E-state index is -0.219. The summed E-state index contributed by atoms with van der Waals surface area (Å²) >= 11 is 0. The molecule has 0 aliphatic rings. The Hall–Kier alpha value is -4.46. The Kier molecular flexibility index (Phi) is 4.86. The van der Waals surface area contributed by atoms with E-state index in [1.807, 2.05) is 48.7 Å². The number of anilines is 1. The molecule has 0 spiro atoms. The normalized spacial score (nSPS) is 10.8. The van der Waals surface area contributed by atoms with Crippen LogP contribution >= 0.6 is 0 Å². The Balaban J connectivity index is 1.35. The largest absolute Gasteiger partial charge is 0.461 e. The second-order valence-electron chi connectivity index (χ2n) is 6.78. The van der Waals surface area contributed by atoms with Gasteiger partial charge in [-0.15, -0.1) is 0 Å². The van der Waals surface area contributed by atoms with Crippen molar-refractivity contribution in [3.63, 3.8) is 0 Å². The lowest BCUT2D eigenvalue weighted by atomic mass is 10.1. The molecule has 5 aromatic rings. The van der Waals surface area contributed by atoms with Crippen LogP contribution in [0.1, 0.15) is 21.8 Å². The minimum absolute atomic E-state index is 0.219. The first kappa shape index (κ1) is 18.6. The van der Waals surface area contributed by atoms with Crippen LogP contribution < -0.4 is 5.32 Å². The molecule has 8 nitrogen and oxygen atoms in total. The summed E-state index contributed by atoms with van der Waals surface area (Å²) in [6.07, 6.45) is 5.45. The van der Waals surface area contributed by atoms with Gasteiger partial charge in [0.15, 0.2) is 5.76 Å². The predicted molar refractivity (Wildman–Crippen MR) is 113 cm³/mol. The van der Waals surface area contributed by atoms with Gasteiger partial charge in [-0.1, -0.05) is 29.4 Å². The number of carbonyl (C=O) groups is 1.